The molecule has 2 N–H and O–H groups in total. The van der Waals surface area contributed by atoms with Crippen molar-refractivity contribution in [3.05, 3.63) is 59.4 Å². The smallest absolute Gasteiger partial charge is 0.322 e. The fraction of sp³-hybridized carbons (Fsp3) is 0.381. The molecule has 0 bridgehead atoms. The maximum Gasteiger partial charge on any atom is 0.322 e. The number of anilines is 1. The second-order valence-corrected chi connectivity index (χ2v) is 6.78. The fourth-order valence-corrected chi connectivity index (χ4v) is 3.45. The lowest BCUT2D eigenvalue weighted by atomic mass is 9.99. The molecule has 0 spiro atoms. The number of benzene rings is 1. The van der Waals surface area contributed by atoms with Crippen molar-refractivity contribution in [2.75, 3.05) is 18.4 Å². The highest BCUT2D eigenvalue weighted by Gasteiger charge is 2.29. The number of urea groups is 1. The van der Waals surface area contributed by atoms with Crippen LogP contribution >= 0.6 is 0 Å². The van der Waals surface area contributed by atoms with Gasteiger partial charge in [-0.1, -0.05) is 6.07 Å². The predicted molar refractivity (Wildman–Crippen MR) is 106 cm³/mol. The van der Waals surface area contributed by atoms with Crippen LogP contribution in [0.1, 0.15) is 53.8 Å². The first-order valence-corrected chi connectivity index (χ1v) is 9.47. The number of amides is 3. The summed E-state index contributed by atoms with van der Waals surface area (Å²) in [7, 11) is 0. The number of piperidine rings is 1. The highest BCUT2D eigenvalue weighted by molar-refractivity contribution is 5.96. The van der Waals surface area contributed by atoms with Gasteiger partial charge in [-0.25, -0.2) is 4.79 Å². The van der Waals surface area contributed by atoms with E-state index in [2.05, 4.69) is 15.6 Å². The summed E-state index contributed by atoms with van der Waals surface area (Å²) < 4.78 is 0. The molecule has 142 valence electrons. The zero-order valence-electron chi connectivity index (χ0n) is 15.9. The van der Waals surface area contributed by atoms with Gasteiger partial charge in [0.2, 0.25) is 0 Å². The van der Waals surface area contributed by atoms with Crippen LogP contribution in [0, 0.1) is 6.92 Å². The molecule has 1 aliphatic rings. The Hall–Kier alpha value is -2.89. The van der Waals surface area contributed by atoms with E-state index in [0.29, 0.717) is 18.7 Å². The summed E-state index contributed by atoms with van der Waals surface area (Å²) in [6.07, 6.45) is 4.76. The summed E-state index contributed by atoms with van der Waals surface area (Å²) in [6.45, 7) is 5.07. The van der Waals surface area contributed by atoms with Gasteiger partial charge in [-0.3, -0.25) is 9.78 Å². The lowest BCUT2D eigenvalue weighted by molar-refractivity contribution is 0.0955. The van der Waals surface area contributed by atoms with Crippen LogP contribution in [0.15, 0.2) is 42.6 Å². The zero-order valence-corrected chi connectivity index (χ0v) is 15.9. The zero-order chi connectivity index (χ0) is 19.2. The Labute approximate surface area is 160 Å². The Morgan fingerprint density at radius 3 is 2.78 bits per heavy atom. The van der Waals surface area contributed by atoms with Gasteiger partial charge in [0.15, 0.2) is 0 Å². The van der Waals surface area contributed by atoms with Gasteiger partial charge in [-0.15, -0.1) is 0 Å². The monoisotopic (exact) mass is 366 g/mol. The van der Waals surface area contributed by atoms with E-state index < -0.39 is 0 Å². The van der Waals surface area contributed by atoms with Gasteiger partial charge in [0.25, 0.3) is 5.91 Å². The molecule has 6 nitrogen and oxygen atoms in total. The van der Waals surface area contributed by atoms with E-state index in [0.717, 1.165) is 36.2 Å². The molecule has 1 atom stereocenters. The molecule has 2 heterocycles. The Bertz CT molecular complexity index is 807. The molecule has 0 aliphatic carbocycles. The maximum absolute atomic E-state index is 12.9. The topological polar surface area (TPSA) is 74.3 Å². The number of carbonyl (C=O) groups is 2. The van der Waals surface area contributed by atoms with Gasteiger partial charge in [0, 0.05) is 30.5 Å². The van der Waals surface area contributed by atoms with Crippen LogP contribution in [0.5, 0.6) is 0 Å². The first kappa shape index (κ1) is 18.9. The third-order valence-corrected chi connectivity index (χ3v) is 4.86. The number of rotatable bonds is 4. The van der Waals surface area contributed by atoms with E-state index in [-0.39, 0.29) is 18.0 Å². The summed E-state index contributed by atoms with van der Waals surface area (Å²) in [5.74, 6) is -0.107. The summed E-state index contributed by atoms with van der Waals surface area (Å²) >= 11 is 0. The van der Waals surface area contributed by atoms with Crippen molar-refractivity contribution < 1.29 is 9.59 Å². The van der Waals surface area contributed by atoms with E-state index in [4.69, 9.17) is 0 Å². The number of nitrogens with zero attached hydrogens (tertiary/aromatic N) is 2. The third-order valence-electron chi connectivity index (χ3n) is 4.86. The molecule has 6 heteroatoms. The summed E-state index contributed by atoms with van der Waals surface area (Å²) in [5, 5.41) is 5.79. The molecule has 0 saturated carbocycles. The van der Waals surface area contributed by atoms with Gasteiger partial charge in [-0.2, -0.15) is 0 Å². The van der Waals surface area contributed by atoms with Crippen molar-refractivity contribution in [2.24, 2.45) is 0 Å². The fourth-order valence-electron chi connectivity index (χ4n) is 3.45. The number of likely N-dealkylation sites (tertiary alicyclic amines) is 1. The van der Waals surface area contributed by atoms with Crippen LogP contribution in [0.3, 0.4) is 0 Å². The highest BCUT2D eigenvalue weighted by Crippen LogP contribution is 2.30. The van der Waals surface area contributed by atoms with Crippen LogP contribution in [-0.2, 0) is 0 Å². The lowest BCUT2D eigenvalue weighted by Gasteiger charge is -2.35. The van der Waals surface area contributed by atoms with Crippen LogP contribution in [0.4, 0.5) is 10.5 Å². The molecule has 1 aliphatic heterocycles. The number of aryl methyl sites for hydroxylation is 1. The molecular formula is C21H26N4O2. The molecular weight excluding hydrogens is 340 g/mol. The number of pyridine rings is 1. The minimum Gasteiger partial charge on any atom is -0.352 e. The normalized spacial score (nSPS) is 16.7. The molecule has 2 aromatic rings. The van der Waals surface area contributed by atoms with Crippen molar-refractivity contribution >= 4 is 17.6 Å². The van der Waals surface area contributed by atoms with Crippen LogP contribution in [0.2, 0.25) is 0 Å². The van der Waals surface area contributed by atoms with E-state index in [9.17, 15) is 9.59 Å². The highest BCUT2D eigenvalue weighted by atomic mass is 16.2. The van der Waals surface area contributed by atoms with Crippen molar-refractivity contribution in [1.82, 2.24) is 15.2 Å². The van der Waals surface area contributed by atoms with Gasteiger partial charge in [-0.05, 0) is 69.0 Å². The number of nitrogens with one attached hydrogen (secondary N) is 2. The minimum absolute atomic E-state index is 0.00476. The van der Waals surface area contributed by atoms with Gasteiger partial charge >= 0.3 is 6.03 Å². The van der Waals surface area contributed by atoms with Crippen molar-refractivity contribution in [1.29, 1.82) is 0 Å². The number of carbonyl (C=O) groups excluding carboxylic acids is 2. The predicted octanol–water partition coefficient (Wildman–Crippen LogP) is 3.90. The average molecular weight is 366 g/mol. The first-order valence-electron chi connectivity index (χ1n) is 9.47. The van der Waals surface area contributed by atoms with Gasteiger partial charge < -0.3 is 15.5 Å². The van der Waals surface area contributed by atoms with Crippen LogP contribution < -0.4 is 10.6 Å². The first-order chi connectivity index (χ1) is 13.1. The summed E-state index contributed by atoms with van der Waals surface area (Å²) in [6, 6.07) is 11.0. The lowest BCUT2D eigenvalue weighted by Crippen LogP contribution is -2.41. The molecule has 3 rings (SSSR count). The molecule has 1 aromatic carbocycles. The number of hydrogen-bond donors (Lipinski definition) is 2. The van der Waals surface area contributed by atoms with E-state index in [1.807, 2.05) is 36.9 Å². The molecule has 1 unspecified atom stereocenters. The van der Waals surface area contributed by atoms with Gasteiger partial charge in [0.1, 0.15) is 0 Å². The largest absolute Gasteiger partial charge is 0.352 e. The molecule has 27 heavy (non-hydrogen) atoms. The SMILES string of the molecule is CCNC(=O)c1ccc(NC(=O)N2CCCCC2c2ccccn2)c(C)c1. The molecule has 0 radical (unpaired) electrons. The molecule has 1 aromatic heterocycles. The molecule has 1 saturated heterocycles. The molecule has 1 fully saturated rings. The van der Waals surface area contributed by atoms with Crippen LogP contribution in [0.25, 0.3) is 0 Å². The minimum atomic E-state index is -0.126. The van der Waals surface area contributed by atoms with Gasteiger partial charge in [0.05, 0.1) is 11.7 Å². The average Bonchev–Trinajstić information content (AvgIpc) is 2.70. The second kappa shape index (κ2) is 8.66. The van der Waals surface area contributed by atoms with E-state index in [1.165, 1.54) is 0 Å². The van der Waals surface area contributed by atoms with Crippen molar-refractivity contribution in [2.45, 2.75) is 39.2 Å². The number of aromatic nitrogens is 1. The summed E-state index contributed by atoms with van der Waals surface area (Å²) in [5.41, 5.74) is 3.10. The van der Waals surface area contributed by atoms with Crippen molar-refractivity contribution in [3.8, 4) is 0 Å². The standard InChI is InChI=1S/C21H26N4O2/c1-3-22-20(26)16-10-11-17(15(2)14-16)24-21(27)25-13-7-5-9-19(25)18-8-4-6-12-23-18/h4,6,8,10-12,14,19H,3,5,7,9,13H2,1-2H3,(H,22,26)(H,24,27). The van der Waals surface area contributed by atoms with E-state index in [1.54, 1.807) is 24.4 Å². The maximum atomic E-state index is 12.9. The van der Waals surface area contributed by atoms with Crippen molar-refractivity contribution in [3.63, 3.8) is 0 Å². The Balaban J connectivity index is 1.74. The quantitative estimate of drug-likeness (QED) is 0.862. The Morgan fingerprint density at radius 1 is 1.22 bits per heavy atom. The molecule has 3 amide bonds. The Morgan fingerprint density at radius 2 is 2.07 bits per heavy atom. The second-order valence-electron chi connectivity index (χ2n) is 6.78. The van der Waals surface area contributed by atoms with Crippen LogP contribution in [-0.4, -0.2) is 34.9 Å². The Kier molecular flexibility index (Phi) is 6.06. The summed E-state index contributed by atoms with van der Waals surface area (Å²) in [4.78, 5) is 31.2. The third kappa shape index (κ3) is 4.45. The van der Waals surface area contributed by atoms with E-state index >= 15 is 0 Å². The number of hydrogen-bond acceptors (Lipinski definition) is 3.